The zero-order chi connectivity index (χ0) is 13.3. The minimum Gasteiger partial charge on any atom is -0.399 e. The molecule has 0 radical (unpaired) electrons. The van der Waals surface area contributed by atoms with Crippen molar-refractivity contribution < 1.29 is 9.00 Å². The van der Waals surface area contributed by atoms with Gasteiger partial charge in [-0.1, -0.05) is 0 Å². The Morgan fingerprint density at radius 3 is 2.89 bits per heavy atom. The highest BCUT2D eigenvalue weighted by Crippen LogP contribution is 2.16. The van der Waals surface area contributed by atoms with Crippen LogP contribution in [0.2, 0.25) is 0 Å². The molecule has 7 heteroatoms. The van der Waals surface area contributed by atoms with Gasteiger partial charge in [-0.15, -0.1) is 0 Å². The maximum atomic E-state index is 12.0. The van der Waals surface area contributed by atoms with Crippen LogP contribution in [0.1, 0.15) is 0 Å². The summed E-state index contributed by atoms with van der Waals surface area (Å²) in [6, 6.07) is 5.19. The first kappa shape index (κ1) is 12.6. The first-order valence-corrected chi connectivity index (χ1v) is 6.63. The number of aromatic nitrogens is 2. The zero-order valence-electron chi connectivity index (χ0n) is 10.1. The normalized spacial score (nSPS) is 12.6. The molecule has 1 aromatic heterocycles. The number of nitrogens with zero attached hydrogens (tertiary/aromatic N) is 2. The van der Waals surface area contributed by atoms with Crippen molar-refractivity contribution >= 4 is 33.4 Å². The van der Waals surface area contributed by atoms with Crippen LogP contribution in [0.3, 0.4) is 0 Å². The lowest BCUT2D eigenvalue weighted by Crippen LogP contribution is -2.27. The van der Waals surface area contributed by atoms with Gasteiger partial charge in [0.1, 0.15) is 5.75 Å². The average molecular weight is 266 g/mol. The van der Waals surface area contributed by atoms with Crippen LogP contribution in [0.5, 0.6) is 0 Å². The number of rotatable bonds is 3. The molecule has 1 aromatic carbocycles. The van der Waals surface area contributed by atoms with Gasteiger partial charge in [-0.3, -0.25) is 9.00 Å². The molecular weight excluding hydrogens is 252 g/mol. The van der Waals surface area contributed by atoms with Gasteiger partial charge in [0.25, 0.3) is 0 Å². The number of nitrogen functional groups attached to an aromatic ring is 1. The number of hydrogen-bond donors (Lipinski definition) is 2. The van der Waals surface area contributed by atoms with Gasteiger partial charge in [0.05, 0.1) is 21.8 Å². The van der Waals surface area contributed by atoms with Crippen LogP contribution in [0.4, 0.5) is 5.69 Å². The second-order valence-corrected chi connectivity index (χ2v) is 5.46. The van der Waals surface area contributed by atoms with Crippen LogP contribution >= 0.6 is 0 Å². The van der Waals surface area contributed by atoms with E-state index in [9.17, 15) is 9.00 Å². The van der Waals surface area contributed by atoms with E-state index in [1.807, 2.05) is 0 Å². The van der Waals surface area contributed by atoms with Crippen LogP contribution in [-0.2, 0) is 15.6 Å². The Kier molecular flexibility index (Phi) is 3.33. The number of aromatic amines is 1. The fourth-order valence-electron chi connectivity index (χ4n) is 1.42. The number of carbonyl (C=O) groups is 1. The number of imidazole rings is 1. The van der Waals surface area contributed by atoms with Gasteiger partial charge in [0, 0.05) is 19.8 Å². The molecule has 0 aliphatic heterocycles. The number of fused-ring (bicyclic) bond motifs is 1. The second-order valence-electron chi connectivity index (χ2n) is 4.10. The topological polar surface area (TPSA) is 92.1 Å². The first-order chi connectivity index (χ1) is 8.47. The summed E-state index contributed by atoms with van der Waals surface area (Å²) >= 11 is 0. The molecule has 2 aromatic rings. The predicted molar refractivity (Wildman–Crippen MR) is 70.5 cm³/mol. The molecule has 3 N–H and O–H groups in total. The fraction of sp³-hybridized carbons (Fsp3) is 0.273. The Morgan fingerprint density at radius 1 is 1.50 bits per heavy atom. The van der Waals surface area contributed by atoms with Crippen molar-refractivity contribution in [1.82, 2.24) is 14.9 Å². The number of H-pyrrole nitrogens is 1. The minimum absolute atomic E-state index is 0.0810. The molecule has 6 nitrogen and oxygen atoms in total. The summed E-state index contributed by atoms with van der Waals surface area (Å²) in [6.07, 6.45) is 0. The lowest BCUT2D eigenvalue weighted by molar-refractivity contribution is -0.125. The van der Waals surface area contributed by atoms with Gasteiger partial charge in [-0.2, -0.15) is 0 Å². The summed E-state index contributed by atoms with van der Waals surface area (Å²) in [4.78, 5) is 20.0. The summed E-state index contributed by atoms with van der Waals surface area (Å²) in [7, 11) is 1.78. The molecule has 18 heavy (non-hydrogen) atoms. The molecule has 0 bridgehead atoms. The van der Waals surface area contributed by atoms with Crippen molar-refractivity contribution in [2.24, 2.45) is 0 Å². The summed E-state index contributed by atoms with van der Waals surface area (Å²) < 4.78 is 12.0. The number of hydrogen-bond acceptors (Lipinski definition) is 4. The highest BCUT2D eigenvalue weighted by atomic mass is 32.2. The molecule has 0 spiro atoms. The van der Waals surface area contributed by atoms with Gasteiger partial charge in [0.2, 0.25) is 5.91 Å². The van der Waals surface area contributed by atoms with Crippen LogP contribution in [0, 0.1) is 0 Å². The SMILES string of the molecule is CN(C)C(=O)CS(=O)c1nc2ccc(N)cc2[nH]1. The maximum Gasteiger partial charge on any atom is 0.235 e. The molecule has 1 unspecified atom stereocenters. The second kappa shape index (κ2) is 4.77. The highest BCUT2D eigenvalue weighted by Gasteiger charge is 2.15. The predicted octanol–water partition coefficient (Wildman–Crippen LogP) is 0.341. The van der Waals surface area contributed by atoms with Crippen molar-refractivity contribution in [2.45, 2.75) is 5.16 Å². The van der Waals surface area contributed by atoms with Crippen LogP contribution < -0.4 is 5.73 Å². The molecule has 0 saturated carbocycles. The zero-order valence-corrected chi connectivity index (χ0v) is 11.0. The standard InChI is InChI=1S/C11H14N4O2S/c1-15(2)10(16)6-18(17)11-13-8-4-3-7(12)5-9(8)14-11/h3-5H,6,12H2,1-2H3,(H,13,14). The monoisotopic (exact) mass is 266 g/mol. The van der Waals surface area contributed by atoms with Gasteiger partial charge in [-0.25, -0.2) is 4.98 Å². The Labute approximate surface area is 107 Å². The Hall–Kier alpha value is -1.89. The van der Waals surface area contributed by atoms with E-state index in [-0.39, 0.29) is 11.7 Å². The molecule has 96 valence electrons. The van der Waals surface area contributed by atoms with E-state index >= 15 is 0 Å². The summed E-state index contributed by atoms with van der Waals surface area (Å²) in [5.41, 5.74) is 7.65. The number of benzene rings is 1. The van der Waals surface area contributed by atoms with E-state index in [0.29, 0.717) is 16.4 Å². The molecule has 1 atom stereocenters. The number of amides is 1. The molecule has 2 rings (SSSR count). The van der Waals surface area contributed by atoms with Crippen LogP contribution in [-0.4, -0.2) is 44.8 Å². The number of anilines is 1. The maximum absolute atomic E-state index is 12.0. The number of carbonyl (C=O) groups excluding carboxylic acids is 1. The quantitative estimate of drug-likeness (QED) is 0.784. The van der Waals surface area contributed by atoms with Crippen LogP contribution in [0.25, 0.3) is 11.0 Å². The first-order valence-electron chi connectivity index (χ1n) is 5.31. The van der Waals surface area contributed by atoms with Crippen molar-refractivity contribution in [3.8, 4) is 0 Å². The smallest absolute Gasteiger partial charge is 0.235 e. The molecule has 0 aliphatic carbocycles. The third-order valence-corrected chi connectivity index (χ3v) is 3.59. The van der Waals surface area contributed by atoms with Crippen molar-refractivity contribution in [1.29, 1.82) is 0 Å². The summed E-state index contributed by atoms with van der Waals surface area (Å²) in [5, 5.41) is 0.297. The third kappa shape index (κ3) is 2.51. The van der Waals surface area contributed by atoms with Gasteiger partial charge in [0.15, 0.2) is 5.16 Å². The largest absolute Gasteiger partial charge is 0.399 e. The van der Waals surface area contributed by atoms with E-state index in [2.05, 4.69) is 9.97 Å². The molecular formula is C11H14N4O2S. The van der Waals surface area contributed by atoms with E-state index in [1.165, 1.54) is 4.90 Å². The lowest BCUT2D eigenvalue weighted by Gasteiger charge is -2.08. The minimum atomic E-state index is -1.47. The van der Waals surface area contributed by atoms with Crippen molar-refractivity contribution in [3.05, 3.63) is 18.2 Å². The highest BCUT2D eigenvalue weighted by molar-refractivity contribution is 7.85. The van der Waals surface area contributed by atoms with Crippen molar-refractivity contribution in [3.63, 3.8) is 0 Å². The Bertz CT molecular complexity index is 621. The molecule has 1 heterocycles. The molecule has 0 aliphatic rings. The fourth-order valence-corrected chi connectivity index (χ4v) is 2.46. The van der Waals surface area contributed by atoms with E-state index in [4.69, 9.17) is 5.73 Å². The Balaban J connectivity index is 2.26. The van der Waals surface area contributed by atoms with Crippen molar-refractivity contribution in [2.75, 3.05) is 25.6 Å². The molecule has 0 fully saturated rings. The number of nitrogens with two attached hydrogens (primary N) is 1. The van der Waals surface area contributed by atoms with E-state index in [0.717, 1.165) is 5.52 Å². The molecule has 1 amide bonds. The average Bonchev–Trinajstić information content (AvgIpc) is 2.71. The molecule has 0 saturated heterocycles. The summed E-state index contributed by atoms with van der Waals surface area (Å²) in [5.74, 6) is -0.282. The van der Waals surface area contributed by atoms with E-state index in [1.54, 1.807) is 32.3 Å². The third-order valence-electron chi connectivity index (χ3n) is 2.45. The van der Waals surface area contributed by atoms with E-state index < -0.39 is 10.8 Å². The van der Waals surface area contributed by atoms with Gasteiger partial charge < -0.3 is 15.6 Å². The van der Waals surface area contributed by atoms with Gasteiger partial charge in [-0.05, 0) is 18.2 Å². The lowest BCUT2D eigenvalue weighted by atomic mass is 10.3. The number of nitrogens with one attached hydrogen (secondary N) is 1. The van der Waals surface area contributed by atoms with Gasteiger partial charge >= 0.3 is 0 Å². The Morgan fingerprint density at radius 2 is 2.22 bits per heavy atom. The summed E-state index contributed by atoms with van der Waals surface area (Å²) in [6.45, 7) is 0. The van der Waals surface area contributed by atoms with Crippen LogP contribution in [0.15, 0.2) is 23.4 Å².